The van der Waals surface area contributed by atoms with Crippen molar-refractivity contribution in [2.75, 3.05) is 5.32 Å². The van der Waals surface area contributed by atoms with Crippen LogP contribution in [0.25, 0.3) is 0 Å². The Morgan fingerprint density at radius 1 is 1.00 bits per heavy atom. The molecule has 0 unspecified atom stereocenters. The minimum absolute atomic E-state index is 0.326. The lowest BCUT2D eigenvalue weighted by Gasteiger charge is -2.08. The van der Waals surface area contributed by atoms with Crippen molar-refractivity contribution in [1.82, 2.24) is 0 Å². The van der Waals surface area contributed by atoms with Crippen molar-refractivity contribution in [3.05, 3.63) is 63.0 Å². The molecule has 1 amide bonds. The lowest BCUT2D eigenvalue weighted by Crippen LogP contribution is -2.14. The number of hydrogen-bond donors (Lipinski definition) is 1. The van der Waals surface area contributed by atoms with E-state index in [1.807, 2.05) is 22.6 Å². The molecule has 0 aromatic heterocycles. The molecule has 2 nitrogen and oxygen atoms in total. The third-order valence-corrected chi connectivity index (χ3v) is 3.32. The fraction of sp³-hybridized carbons (Fsp3) is 0. The van der Waals surface area contributed by atoms with E-state index >= 15 is 0 Å². The summed E-state index contributed by atoms with van der Waals surface area (Å²) >= 11 is 1.95. The quantitative estimate of drug-likeness (QED) is 0.623. The normalized spacial score (nSPS) is 10.3. The number of carbonyl (C=O) groups is 1. The van der Waals surface area contributed by atoms with Gasteiger partial charge in [0.2, 0.25) is 0 Å². The van der Waals surface area contributed by atoms with Crippen LogP contribution in [0.2, 0.25) is 0 Å². The zero-order valence-corrected chi connectivity index (χ0v) is 11.5. The van der Waals surface area contributed by atoms with Crippen LogP contribution in [0.1, 0.15) is 10.4 Å². The summed E-state index contributed by atoms with van der Waals surface area (Å²) in [4.78, 5) is 11.9. The monoisotopic (exact) mass is 377 g/mol. The van der Waals surface area contributed by atoms with Crippen LogP contribution < -0.4 is 5.32 Å². The molecular weight excluding hydrogens is 370 g/mol. The van der Waals surface area contributed by atoms with Crippen molar-refractivity contribution in [3.63, 3.8) is 0 Å². The smallest absolute Gasteiger partial charge is 0.256 e. The fourth-order valence-corrected chi connectivity index (χ4v) is 2.09. The Labute approximate surface area is 120 Å². The molecule has 0 saturated heterocycles. The first-order valence-corrected chi connectivity index (χ1v) is 6.27. The maximum atomic E-state index is 13.4. The molecule has 0 heterocycles. The minimum Gasteiger partial charge on any atom is -0.319 e. The fourth-order valence-electron chi connectivity index (χ4n) is 1.45. The van der Waals surface area contributed by atoms with Gasteiger partial charge in [0.15, 0.2) is 11.6 Å². The van der Waals surface area contributed by atoms with Crippen LogP contribution in [0.15, 0.2) is 36.4 Å². The van der Waals surface area contributed by atoms with Gasteiger partial charge >= 0.3 is 0 Å². The van der Waals surface area contributed by atoms with E-state index in [4.69, 9.17) is 0 Å². The van der Waals surface area contributed by atoms with E-state index in [1.165, 1.54) is 0 Å². The van der Waals surface area contributed by atoms with Crippen molar-refractivity contribution >= 4 is 34.2 Å². The Morgan fingerprint density at radius 3 is 2.32 bits per heavy atom. The second kappa shape index (κ2) is 5.60. The standard InChI is InChI=1S/C13H7F3INO/c14-8-5-10(16)12(6-9(8)15)18-13(19)7-3-1-2-4-11(7)17/h1-6H,(H,18,19). The molecule has 0 fully saturated rings. The molecular formula is C13H7F3INO. The van der Waals surface area contributed by atoms with Crippen LogP contribution in [0, 0.1) is 21.0 Å². The third kappa shape index (κ3) is 3.06. The summed E-state index contributed by atoms with van der Waals surface area (Å²) in [5.41, 5.74) is -0.0733. The largest absolute Gasteiger partial charge is 0.319 e. The Kier molecular flexibility index (Phi) is 4.08. The van der Waals surface area contributed by atoms with E-state index in [1.54, 1.807) is 24.3 Å². The van der Waals surface area contributed by atoms with Crippen molar-refractivity contribution in [2.45, 2.75) is 0 Å². The molecule has 0 spiro atoms. The van der Waals surface area contributed by atoms with Crippen molar-refractivity contribution in [1.29, 1.82) is 0 Å². The summed E-state index contributed by atoms with van der Waals surface area (Å²) in [7, 11) is 0. The van der Waals surface area contributed by atoms with Gasteiger partial charge in [-0.1, -0.05) is 12.1 Å². The third-order valence-electron chi connectivity index (χ3n) is 2.38. The zero-order chi connectivity index (χ0) is 14.0. The van der Waals surface area contributed by atoms with Crippen LogP contribution in [0.3, 0.4) is 0 Å². The number of carbonyl (C=O) groups excluding carboxylic acids is 1. The molecule has 6 heteroatoms. The Hall–Kier alpha value is -1.57. The molecule has 98 valence electrons. The Balaban J connectivity index is 2.30. The highest BCUT2D eigenvalue weighted by Gasteiger charge is 2.14. The van der Waals surface area contributed by atoms with Crippen LogP contribution in [-0.4, -0.2) is 5.91 Å². The highest BCUT2D eigenvalue weighted by molar-refractivity contribution is 14.1. The Morgan fingerprint density at radius 2 is 1.63 bits per heavy atom. The summed E-state index contributed by atoms with van der Waals surface area (Å²) in [5, 5.41) is 2.21. The molecule has 2 aromatic rings. The summed E-state index contributed by atoms with van der Waals surface area (Å²) < 4.78 is 39.8. The topological polar surface area (TPSA) is 29.1 Å². The number of benzene rings is 2. The van der Waals surface area contributed by atoms with Gasteiger partial charge in [0.05, 0.1) is 11.3 Å². The lowest BCUT2D eigenvalue weighted by atomic mass is 10.2. The summed E-state index contributed by atoms with van der Waals surface area (Å²) in [6.07, 6.45) is 0. The van der Waals surface area contributed by atoms with Gasteiger partial charge in [-0.3, -0.25) is 4.79 Å². The molecule has 0 aliphatic heterocycles. The first-order chi connectivity index (χ1) is 8.99. The molecule has 2 rings (SSSR count). The molecule has 0 radical (unpaired) electrons. The highest BCUT2D eigenvalue weighted by atomic mass is 127. The lowest BCUT2D eigenvalue weighted by molar-refractivity contribution is 0.102. The van der Waals surface area contributed by atoms with Gasteiger partial charge in [-0.2, -0.15) is 0 Å². The van der Waals surface area contributed by atoms with E-state index in [-0.39, 0.29) is 0 Å². The predicted octanol–water partition coefficient (Wildman–Crippen LogP) is 3.96. The van der Waals surface area contributed by atoms with E-state index in [0.717, 1.165) is 0 Å². The predicted molar refractivity (Wildman–Crippen MR) is 73.4 cm³/mol. The zero-order valence-electron chi connectivity index (χ0n) is 9.38. The van der Waals surface area contributed by atoms with Crippen LogP contribution in [0.5, 0.6) is 0 Å². The van der Waals surface area contributed by atoms with Gasteiger partial charge in [0.25, 0.3) is 5.91 Å². The van der Waals surface area contributed by atoms with Gasteiger partial charge in [0, 0.05) is 15.7 Å². The van der Waals surface area contributed by atoms with Crippen molar-refractivity contribution in [2.24, 2.45) is 0 Å². The maximum absolute atomic E-state index is 13.4. The van der Waals surface area contributed by atoms with E-state index in [2.05, 4.69) is 5.32 Å². The molecule has 0 saturated carbocycles. The molecule has 19 heavy (non-hydrogen) atoms. The van der Waals surface area contributed by atoms with Gasteiger partial charge in [-0.05, 0) is 34.7 Å². The van der Waals surface area contributed by atoms with Gasteiger partial charge in [-0.25, -0.2) is 13.2 Å². The van der Waals surface area contributed by atoms with Crippen molar-refractivity contribution < 1.29 is 18.0 Å². The van der Waals surface area contributed by atoms with Gasteiger partial charge in [0.1, 0.15) is 5.82 Å². The molecule has 1 N–H and O–H groups in total. The second-order valence-corrected chi connectivity index (χ2v) is 4.84. The van der Waals surface area contributed by atoms with Crippen LogP contribution >= 0.6 is 22.6 Å². The minimum atomic E-state index is -1.30. The van der Waals surface area contributed by atoms with E-state index < -0.39 is 29.0 Å². The SMILES string of the molecule is O=C(Nc1cc(F)c(F)cc1F)c1ccccc1I. The molecule has 0 aliphatic rings. The number of anilines is 1. The number of hydrogen-bond acceptors (Lipinski definition) is 1. The average Bonchev–Trinajstić information content (AvgIpc) is 2.36. The summed E-state index contributed by atoms with van der Waals surface area (Å²) in [6, 6.07) is 7.65. The molecule has 0 atom stereocenters. The maximum Gasteiger partial charge on any atom is 0.256 e. The summed E-state index contributed by atoms with van der Waals surface area (Å²) in [5.74, 6) is -4.14. The van der Waals surface area contributed by atoms with E-state index in [9.17, 15) is 18.0 Å². The highest BCUT2D eigenvalue weighted by Crippen LogP contribution is 2.20. The molecule has 2 aromatic carbocycles. The first kappa shape index (κ1) is 13.9. The molecule has 0 bridgehead atoms. The molecule has 0 aliphatic carbocycles. The average molecular weight is 377 g/mol. The number of nitrogens with one attached hydrogen (secondary N) is 1. The van der Waals surface area contributed by atoms with Crippen molar-refractivity contribution in [3.8, 4) is 0 Å². The number of halogens is 4. The Bertz CT molecular complexity index is 646. The van der Waals surface area contributed by atoms with Gasteiger partial charge < -0.3 is 5.32 Å². The first-order valence-electron chi connectivity index (χ1n) is 5.19. The number of amides is 1. The van der Waals surface area contributed by atoms with Crippen LogP contribution in [-0.2, 0) is 0 Å². The second-order valence-electron chi connectivity index (χ2n) is 3.68. The van der Waals surface area contributed by atoms with E-state index in [0.29, 0.717) is 21.3 Å². The van der Waals surface area contributed by atoms with Gasteiger partial charge in [-0.15, -0.1) is 0 Å². The van der Waals surface area contributed by atoms with Crippen LogP contribution in [0.4, 0.5) is 18.9 Å². The number of rotatable bonds is 2. The summed E-state index contributed by atoms with van der Waals surface area (Å²) in [6.45, 7) is 0.